The van der Waals surface area contributed by atoms with Gasteiger partial charge in [0.1, 0.15) is 0 Å². The molecule has 0 aliphatic heterocycles. The van der Waals surface area contributed by atoms with Crippen LogP contribution < -0.4 is 0 Å². The van der Waals surface area contributed by atoms with Crippen molar-refractivity contribution in [2.45, 2.75) is 42.0 Å². The third-order valence-electron chi connectivity index (χ3n) is 4.33. The zero-order valence-corrected chi connectivity index (χ0v) is 32.0. The maximum absolute atomic E-state index is 10.9. The maximum Gasteiger partial charge on any atom is 0.337 e. The van der Waals surface area contributed by atoms with Gasteiger partial charge in [-0.05, 0) is 91.5 Å². The van der Waals surface area contributed by atoms with E-state index < -0.39 is 29.1 Å². The number of hydrogen-bond donors (Lipinski definition) is 4. The van der Waals surface area contributed by atoms with E-state index in [0.29, 0.717) is 21.7 Å². The van der Waals surface area contributed by atoms with Crippen LogP contribution in [0.3, 0.4) is 0 Å². The molecule has 0 aliphatic rings. The molecular weight excluding hydrogens is 945 g/mol. The number of rotatable bonds is 3. The van der Waals surface area contributed by atoms with E-state index >= 15 is 0 Å². The number of aliphatic carboxylic acids is 2. The second kappa shape index (κ2) is 25.3. The fourth-order valence-corrected chi connectivity index (χ4v) is 5.67. The molecule has 0 fully saturated rings. The Balaban J connectivity index is -0.000000245. The Bertz CT molecular complexity index is 1350. The number of aromatic carboxylic acids is 2. The number of carboxylic acid groups (broad SMARTS) is 4. The Morgan fingerprint density at radius 3 is 1.20 bits per heavy atom. The van der Waals surface area contributed by atoms with Crippen LogP contribution >= 0.6 is 82.6 Å². The van der Waals surface area contributed by atoms with Gasteiger partial charge in [0.25, 0.3) is 17.2 Å². The molecule has 0 bridgehead atoms. The van der Waals surface area contributed by atoms with E-state index in [4.69, 9.17) is 64.8 Å². The molecule has 9 nitrogen and oxygen atoms in total. The summed E-state index contributed by atoms with van der Waals surface area (Å²) in [6.45, 7) is 7.43. The molecule has 0 saturated heterocycles. The van der Waals surface area contributed by atoms with Crippen LogP contribution in [0.5, 0.6) is 0 Å². The maximum atomic E-state index is 10.9. The number of aryl methyl sites for hydroxylation is 3. The molecular formula is C29H30Br3Cl3O9Pd. The fourth-order valence-electron chi connectivity index (χ4n) is 2.79. The zero-order chi connectivity index (χ0) is 34.2. The van der Waals surface area contributed by atoms with Crippen LogP contribution in [0.2, 0.25) is 10.0 Å². The van der Waals surface area contributed by atoms with E-state index in [0.717, 1.165) is 38.4 Å². The van der Waals surface area contributed by atoms with Gasteiger partial charge in [-0.3, -0.25) is 14.4 Å². The predicted octanol–water partition coefficient (Wildman–Crippen LogP) is 10.2. The molecule has 4 N–H and O–H groups in total. The number of carbonyl (C=O) groups excluding carboxylic acids is 1. The molecule has 0 saturated carbocycles. The van der Waals surface area contributed by atoms with Crippen molar-refractivity contribution in [1.82, 2.24) is 0 Å². The summed E-state index contributed by atoms with van der Waals surface area (Å²) < 4.78 is 2.53. The topological polar surface area (TPSA) is 166 Å². The van der Waals surface area contributed by atoms with Crippen LogP contribution in [0.4, 0.5) is 0 Å². The molecule has 3 aromatic rings. The van der Waals surface area contributed by atoms with Gasteiger partial charge in [0.05, 0.1) is 26.7 Å². The standard InChI is InChI=1S/C8H5BrCl2O.C8H6BrClO2.C8H7BrO2.2C2H4O2.CH4.Pd/c2*1-4-2-5(9)3-6(10)7(4)8(11)12;1-5-4-6(9)2-3-7(5)8(10)11;2*1-2(3)4;;/h2-3H,1H3;2-3H,1H3,(H,11,12);2-4H,1H3,(H,10,11);2*1H3,(H,3,4);1H4;. The smallest absolute Gasteiger partial charge is 0.337 e. The SMILES string of the molecule is C.CC(=O)O.CC(=O)O.Cc1cc(Br)cc(Cl)c1C(=O)Cl.Cc1cc(Br)cc(Cl)c1C(=O)O.Cc1cc(Br)ccc1C(=O)O.[Pd]. The number of halogens is 6. The van der Waals surface area contributed by atoms with Crippen molar-refractivity contribution in [2.24, 2.45) is 0 Å². The van der Waals surface area contributed by atoms with Crippen molar-refractivity contribution in [1.29, 1.82) is 0 Å². The first kappa shape index (κ1) is 50.0. The molecule has 0 heterocycles. The first-order chi connectivity index (χ1) is 19.6. The van der Waals surface area contributed by atoms with Gasteiger partial charge in [-0.25, -0.2) is 9.59 Å². The van der Waals surface area contributed by atoms with Gasteiger partial charge in [-0.2, -0.15) is 0 Å². The normalized spacial score (nSPS) is 8.78. The number of carboxylic acids is 4. The van der Waals surface area contributed by atoms with Crippen molar-refractivity contribution in [3.8, 4) is 0 Å². The van der Waals surface area contributed by atoms with Crippen LogP contribution in [-0.2, 0) is 30.0 Å². The summed E-state index contributed by atoms with van der Waals surface area (Å²) in [4.78, 5) is 50.0. The molecule has 0 spiro atoms. The molecule has 0 unspecified atom stereocenters. The molecule has 0 aliphatic carbocycles. The van der Waals surface area contributed by atoms with Gasteiger partial charge < -0.3 is 20.4 Å². The summed E-state index contributed by atoms with van der Waals surface area (Å²) >= 11 is 26.6. The van der Waals surface area contributed by atoms with E-state index in [9.17, 15) is 14.4 Å². The van der Waals surface area contributed by atoms with Crippen molar-refractivity contribution >= 4 is 112 Å². The van der Waals surface area contributed by atoms with E-state index in [1.54, 1.807) is 63.2 Å². The largest absolute Gasteiger partial charge is 0.481 e. The summed E-state index contributed by atoms with van der Waals surface area (Å²) in [5.74, 6) is -3.54. The van der Waals surface area contributed by atoms with Crippen LogP contribution in [0.1, 0.15) is 69.0 Å². The number of benzene rings is 3. The Labute approximate surface area is 315 Å². The third-order valence-corrected chi connectivity index (χ3v) is 6.53. The van der Waals surface area contributed by atoms with E-state index in [1.807, 2.05) is 0 Å². The van der Waals surface area contributed by atoms with Crippen LogP contribution in [0, 0.1) is 20.8 Å². The molecule has 45 heavy (non-hydrogen) atoms. The minimum Gasteiger partial charge on any atom is -0.481 e. The quantitative estimate of drug-likeness (QED) is 0.148. The minimum absolute atomic E-state index is 0. The molecule has 0 aromatic heterocycles. The van der Waals surface area contributed by atoms with Crippen molar-refractivity contribution < 1.29 is 64.8 Å². The van der Waals surface area contributed by atoms with Gasteiger partial charge in [0, 0.05) is 47.7 Å². The van der Waals surface area contributed by atoms with Gasteiger partial charge in [-0.15, -0.1) is 0 Å². The first-order valence-corrected chi connectivity index (χ1v) is 14.9. The first-order valence-electron chi connectivity index (χ1n) is 11.3. The van der Waals surface area contributed by atoms with E-state index in [2.05, 4.69) is 47.8 Å². The van der Waals surface area contributed by atoms with E-state index in [1.165, 1.54) is 0 Å². The van der Waals surface area contributed by atoms with Gasteiger partial charge in [-0.1, -0.05) is 78.4 Å². The summed E-state index contributed by atoms with van der Waals surface area (Å²) in [7, 11) is 0. The molecule has 252 valence electrons. The zero-order valence-electron chi connectivity index (χ0n) is 23.5. The molecule has 0 radical (unpaired) electrons. The van der Waals surface area contributed by atoms with Crippen molar-refractivity contribution in [3.63, 3.8) is 0 Å². The van der Waals surface area contributed by atoms with E-state index in [-0.39, 0.29) is 38.4 Å². The van der Waals surface area contributed by atoms with Crippen molar-refractivity contribution in [3.05, 3.63) is 99.3 Å². The predicted molar refractivity (Wildman–Crippen MR) is 184 cm³/mol. The van der Waals surface area contributed by atoms with Gasteiger partial charge >= 0.3 is 11.9 Å². The van der Waals surface area contributed by atoms with Crippen LogP contribution in [-0.4, -0.2) is 49.5 Å². The number of hydrogen-bond acceptors (Lipinski definition) is 5. The molecule has 3 aromatic carbocycles. The number of carbonyl (C=O) groups is 5. The monoisotopic (exact) mass is 970 g/mol. The minimum atomic E-state index is -0.995. The molecule has 16 heteroatoms. The Morgan fingerprint density at radius 1 is 0.600 bits per heavy atom. The third kappa shape index (κ3) is 22.4. The Hall–Kier alpha value is -1.82. The van der Waals surface area contributed by atoms with Crippen LogP contribution in [0.15, 0.2) is 55.9 Å². The Morgan fingerprint density at radius 2 is 0.933 bits per heavy atom. The summed E-state index contributed by atoms with van der Waals surface area (Å²) in [5, 5.41) is 32.3. The fraction of sp³-hybridized carbons (Fsp3) is 0.207. The second-order valence-corrected chi connectivity index (χ2v) is 11.9. The van der Waals surface area contributed by atoms with Gasteiger partial charge in [0.2, 0.25) is 0 Å². The average molecular weight is 975 g/mol. The summed E-state index contributed by atoms with van der Waals surface area (Å²) in [6.07, 6.45) is 0. The summed E-state index contributed by atoms with van der Waals surface area (Å²) in [6, 6.07) is 11.8. The average Bonchev–Trinajstić information content (AvgIpc) is 2.77. The van der Waals surface area contributed by atoms with Gasteiger partial charge in [0.15, 0.2) is 0 Å². The van der Waals surface area contributed by atoms with Crippen molar-refractivity contribution in [2.75, 3.05) is 0 Å². The Kier molecular flexibility index (Phi) is 28.1. The summed E-state index contributed by atoms with van der Waals surface area (Å²) in [5.41, 5.74) is 3.10. The second-order valence-electron chi connectivity index (χ2n) is 8.04. The van der Waals surface area contributed by atoms with Crippen LogP contribution in [0.25, 0.3) is 0 Å². The molecule has 0 amide bonds. The molecule has 0 atom stereocenters. The molecule has 3 rings (SSSR count).